The Morgan fingerprint density at radius 2 is 1.76 bits per heavy atom. The van der Waals surface area contributed by atoms with Crippen molar-refractivity contribution in [1.82, 2.24) is 20.2 Å². The van der Waals surface area contributed by atoms with E-state index in [2.05, 4.69) is 25.5 Å². The van der Waals surface area contributed by atoms with Crippen molar-refractivity contribution in [2.75, 3.05) is 31.5 Å². The first kappa shape index (κ1) is 22.7. The number of aromatic amines is 1. The van der Waals surface area contributed by atoms with Crippen molar-refractivity contribution in [1.29, 1.82) is 0 Å². The van der Waals surface area contributed by atoms with E-state index in [0.29, 0.717) is 12.2 Å². The Balaban J connectivity index is 0.00000300. The first-order valence-corrected chi connectivity index (χ1v) is 9.21. The molecule has 0 saturated carbocycles. The van der Waals surface area contributed by atoms with Crippen LogP contribution >= 0.6 is 0 Å². The van der Waals surface area contributed by atoms with Crippen molar-refractivity contribution >= 4 is 23.5 Å². The van der Waals surface area contributed by atoms with Gasteiger partial charge in [-0.2, -0.15) is 0 Å². The van der Waals surface area contributed by atoms with Gasteiger partial charge in [0.05, 0.1) is 12.3 Å². The summed E-state index contributed by atoms with van der Waals surface area (Å²) in [7, 11) is 0. The van der Waals surface area contributed by atoms with E-state index in [-0.39, 0.29) is 35.8 Å². The smallest absolute Gasteiger partial charge is 0.545 e. The zero-order valence-corrected chi connectivity index (χ0v) is 16.4. The molecule has 9 nitrogen and oxygen atoms in total. The molecule has 0 atom stereocenters. The summed E-state index contributed by atoms with van der Waals surface area (Å²) in [6.45, 7) is 3.35. The summed E-state index contributed by atoms with van der Waals surface area (Å²) in [6.07, 6.45) is 4.91. The van der Waals surface area contributed by atoms with Gasteiger partial charge in [0.15, 0.2) is 5.69 Å². The van der Waals surface area contributed by atoms with Crippen LogP contribution in [0.15, 0.2) is 30.6 Å². The van der Waals surface area contributed by atoms with Gasteiger partial charge in [0.25, 0.3) is 11.8 Å². The molecular formula is C19H22LiN5O4. The van der Waals surface area contributed by atoms with Crippen molar-refractivity contribution in [3.05, 3.63) is 47.5 Å². The molecule has 0 radical (unpaired) electrons. The molecule has 1 aromatic heterocycles. The predicted octanol–water partition coefficient (Wildman–Crippen LogP) is -2.75. The molecule has 3 N–H and O–H groups in total. The third-order valence-corrected chi connectivity index (χ3v) is 4.62. The number of aromatic nitrogens is 2. The summed E-state index contributed by atoms with van der Waals surface area (Å²) in [6, 6.07) is 5.52. The number of carbonyl (C=O) groups is 3. The Bertz CT molecular complexity index is 847. The van der Waals surface area contributed by atoms with Crippen molar-refractivity contribution in [2.24, 2.45) is 0 Å². The molecule has 148 valence electrons. The van der Waals surface area contributed by atoms with Gasteiger partial charge in [-0.3, -0.25) is 9.59 Å². The van der Waals surface area contributed by atoms with Crippen LogP contribution in [0, 0.1) is 0 Å². The van der Waals surface area contributed by atoms with Gasteiger partial charge in [-0.1, -0.05) is 18.6 Å². The number of rotatable bonds is 7. The van der Waals surface area contributed by atoms with E-state index >= 15 is 0 Å². The number of benzene rings is 1. The number of amides is 2. The number of hydrogen-bond donors (Lipinski definition) is 3. The Morgan fingerprint density at radius 1 is 1.07 bits per heavy atom. The van der Waals surface area contributed by atoms with Crippen LogP contribution in [-0.4, -0.2) is 58.8 Å². The third-order valence-electron chi connectivity index (χ3n) is 4.62. The summed E-state index contributed by atoms with van der Waals surface area (Å²) in [5.41, 5.74) is 0.447. The van der Waals surface area contributed by atoms with E-state index in [1.54, 1.807) is 0 Å². The molecule has 2 amide bonds. The average Bonchev–Trinajstić information content (AvgIpc) is 3.19. The van der Waals surface area contributed by atoms with Gasteiger partial charge in [0, 0.05) is 18.8 Å². The van der Waals surface area contributed by atoms with E-state index in [1.807, 2.05) is 0 Å². The van der Waals surface area contributed by atoms with Crippen molar-refractivity contribution < 1.29 is 38.4 Å². The first-order valence-electron chi connectivity index (χ1n) is 9.21. The fraction of sp³-hybridized carbons (Fsp3) is 0.368. The maximum atomic E-state index is 12.4. The number of hydrogen-bond acceptors (Lipinski definition) is 6. The predicted molar refractivity (Wildman–Crippen MR) is 99.9 cm³/mol. The van der Waals surface area contributed by atoms with Gasteiger partial charge in [0.1, 0.15) is 5.69 Å². The molecule has 0 bridgehead atoms. The molecule has 0 spiro atoms. The molecule has 0 aliphatic carbocycles. The second kappa shape index (κ2) is 10.8. The Labute approximate surface area is 180 Å². The number of carboxylic acid groups (broad SMARTS) is 1. The summed E-state index contributed by atoms with van der Waals surface area (Å²) in [4.78, 5) is 44.5. The van der Waals surface area contributed by atoms with Crippen molar-refractivity contribution in [3.63, 3.8) is 0 Å². The summed E-state index contributed by atoms with van der Waals surface area (Å²) < 4.78 is 0. The van der Waals surface area contributed by atoms with Gasteiger partial charge >= 0.3 is 18.9 Å². The van der Waals surface area contributed by atoms with E-state index < -0.39 is 17.8 Å². The van der Waals surface area contributed by atoms with Crippen LogP contribution in [0.4, 0.5) is 5.69 Å². The molecule has 1 aliphatic heterocycles. The summed E-state index contributed by atoms with van der Waals surface area (Å²) in [5.74, 6) is -2.26. The number of carboxylic acids is 1. The van der Waals surface area contributed by atoms with Crippen LogP contribution in [0.3, 0.4) is 0 Å². The molecule has 1 aromatic carbocycles. The third kappa shape index (κ3) is 6.19. The number of nitrogens with zero attached hydrogens (tertiary/aromatic N) is 2. The quantitative estimate of drug-likeness (QED) is 0.439. The first-order chi connectivity index (χ1) is 13.5. The summed E-state index contributed by atoms with van der Waals surface area (Å²) >= 11 is 0. The maximum absolute atomic E-state index is 12.4. The normalized spacial score (nSPS) is 13.9. The zero-order valence-electron chi connectivity index (χ0n) is 16.4. The van der Waals surface area contributed by atoms with Gasteiger partial charge in [0.2, 0.25) is 0 Å². The topological polar surface area (TPSA) is 130 Å². The minimum atomic E-state index is -1.30. The van der Waals surface area contributed by atoms with Gasteiger partial charge in [-0.25, -0.2) is 4.98 Å². The van der Waals surface area contributed by atoms with Crippen molar-refractivity contribution in [2.45, 2.75) is 19.3 Å². The fourth-order valence-corrected chi connectivity index (χ4v) is 3.12. The molecule has 3 rings (SSSR count). The second-order valence-corrected chi connectivity index (χ2v) is 6.60. The number of likely N-dealkylation sites (tertiary alicyclic amines) is 1. The fourth-order valence-electron chi connectivity index (χ4n) is 3.12. The molecule has 1 aliphatic rings. The van der Waals surface area contributed by atoms with Crippen LogP contribution in [0.5, 0.6) is 0 Å². The van der Waals surface area contributed by atoms with E-state index in [0.717, 1.165) is 19.6 Å². The number of anilines is 1. The maximum Gasteiger partial charge on any atom is 1.00 e. The minimum Gasteiger partial charge on any atom is -0.545 e. The van der Waals surface area contributed by atoms with Crippen LogP contribution in [-0.2, 0) is 0 Å². The van der Waals surface area contributed by atoms with Crippen molar-refractivity contribution in [3.8, 4) is 0 Å². The second-order valence-electron chi connectivity index (χ2n) is 6.60. The minimum absolute atomic E-state index is 0. The Morgan fingerprint density at radius 3 is 2.41 bits per heavy atom. The Hall–Kier alpha value is -2.60. The molecule has 10 heteroatoms. The van der Waals surface area contributed by atoms with Gasteiger partial charge in [-0.05, 0) is 43.6 Å². The monoisotopic (exact) mass is 391 g/mol. The van der Waals surface area contributed by atoms with Crippen LogP contribution in [0.2, 0.25) is 0 Å². The SMILES string of the molecule is O=C([O-])c1ccc(NC(=O)c2nc[nH]c2C(=O)NCCN2CCCCC2)cc1.[Li+]. The van der Waals surface area contributed by atoms with Crippen LogP contribution in [0.25, 0.3) is 0 Å². The van der Waals surface area contributed by atoms with Gasteiger partial charge in [-0.15, -0.1) is 0 Å². The average molecular weight is 391 g/mol. The number of piperidine rings is 1. The molecule has 2 heterocycles. The number of nitrogens with one attached hydrogen (secondary N) is 3. The standard InChI is InChI=1S/C19H23N5O4.Li/c25-17(20-8-11-24-9-2-1-3-10-24)15-16(22-12-21-15)18(26)23-14-6-4-13(5-7-14)19(27)28;/h4-7,12H,1-3,8-11H2,(H,20,25)(H,21,22)(H,23,26)(H,27,28);/q;+1/p-1. The molecule has 1 fully saturated rings. The number of carbonyl (C=O) groups excluding carboxylic acids is 3. The zero-order chi connectivity index (χ0) is 19.9. The largest absolute Gasteiger partial charge is 1.00 e. The summed E-state index contributed by atoms with van der Waals surface area (Å²) in [5, 5.41) is 16.2. The molecule has 29 heavy (non-hydrogen) atoms. The van der Waals surface area contributed by atoms with Crippen LogP contribution in [0.1, 0.15) is 50.6 Å². The molecule has 2 aromatic rings. The number of H-pyrrole nitrogens is 1. The van der Waals surface area contributed by atoms with E-state index in [4.69, 9.17) is 0 Å². The molecular weight excluding hydrogens is 369 g/mol. The Kier molecular flexibility index (Phi) is 8.46. The van der Waals surface area contributed by atoms with Crippen LogP contribution < -0.4 is 34.6 Å². The van der Waals surface area contributed by atoms with E-state index in [1.165, 1.54) is 49.9 Å². The number of imidazole rings is 1. The molecule has 0 unspecified atom stereocenters. The van der Waals surface area contributed by atoms with Gasteiger partial charge < -0.3 is 30.4 Å². The van der Waals surface area contributed by atoms with E-state index in [9.17, 15) is 19.5 Å². The molecule has 1 saturated heterocycles. The number of aromatic carboxylic acids is 1.